The zero-order valence-corrected chi connectivity index (χ0v) is 13.6. The highest BCUT2D eigenvalue weighted by molar-refractivity contribution is 6.30. The summed E-state index contributed by atoms with van der Waals surface area (Å²) in [5, 5.41) is 7.29. The van der Waals surface area contributed by atoms with Crippen molar-refractivity contribution >= 4 is 28.9 Å². The predicted octanol–water partition coefficient (Wildman–Crippen LogP) is 3.73. The first-order valence-corrected chi connectivity index (χ1v) is 7.32. The van der Waals surface area contributed by atoms with Crippen molar-refractivity contribution in [1.82, 2.24) is 0 Å². The Morgan fingerprint density at radius 2 is 1.78 bits per heavy atom. The largest absolute Gasteiger partial charge is 0.497 e. The van der Waals surface area contributed by atoms with Crippen LogP contribution in [0.4, 0.5) is 5.69 Å². The third-order valence-corrected chi connectivity index (χ3v) is 3.28. The third kappa shape index (κ3) is 5.30. The number of carbonyl (C=O) groups excluding carboxylic acids is 1. The molecule has 0 spiro atoms. The van der Waals surface area contributed by atoms with Gasteiger partial charge in [-0.3, -0.25) is 4.79 Å². The number of anilines is 1. The van der Waals surface area contributed by atoms with E-state index in [1.165, 1.54) is 0 Å². The number of hydrogen-bond donors (Lipinski definition) is 1. The first kappa shape index (κ1) is 16.8. The lowest BCUT2D eigenvalue weighted by Gasteiger charge is -2.06. The number of oxime groups is 1. The Balaban J connectivity index is 1.83. The molecule has 0 radical (unpaired) electrons. The summed E-state index contributed by atoms with van der Waals surface area (Å²) in [6.45, 7) is 1.63. The van der Waals surface area contributed by atoms with Gasteiger partial charge in [0.05, 0.1) is 12.8 Å². The van der Waals surface area contributed by atoms with Crippen molar-refractivity contribution in [1.29, 1.82) is 0 Å². The van der Waals surface area contributed by atoms with Crippen molar-refractivity contribution in [3.8, 4) is 5.75 Å². The fraction of sp³-hybridized carbons (Fsp3) is 0.176. The quantitative estimate of drug-likeness (QED) is 0.647. The minimum Gasteiger partial charge on any atom is -0.497 e. The van der Waals surface area contributed by atoms with Crippen molar-refractivity contribution in [3.05, 3.63) is 59.1 Å². The van der Waals surface area contributed by atoms with Crippen molar-refractivity contribution in [2.24, 2.45) is 5.16 Å². The summed E-state index contributed by atoms with van der Waals surface area (Å²) in [5.41, 5.74) is 2.21. The predicted molar refractivity (Wildman–Crippen MR) is 91.2 cm³/mol. The van der Waals surface area contributed by atoms with Crippen LogP contribution in [0.2, 0.25) is 5.02 Å². The van der Waals surface area contributed by atoms with Gasteiger partial charge in [-0.1, -0.05) is 28.9 Å². The summed E-state index contributed by atoms with van der Waals surface area (Å²) >= 11 is 5.83. The van der Waals surface area contributed by atoms with Crippen LogP contribution in [-0.4, -0.2) is 25.3 Å². The summed E-state index contributed by atoms with van der Waals surface area (Å²) in [5.74, 6) is 0.435. The highest BCUT2D eigenvalue weighted by atomic mass is 35.5. The van der Waals surface area contributed by atoms with Gasteiger partial charge in [0, 0.05) is 10.7 Å². The topological polar surface area (TPSA) is 59.9 Å². The second-order valence-electron chi connectivity index (χ2n) is 4.73. The van der Waals surface area contributed by atoms with Crippen molar-refractivity contribution in [2.45, 2.75) is 6.92 Å². The molecule has 0 saturated carbocycles. The van der Waals surface area contributed by atoms with E-state index in [2.05, 4.69) is 10.5 Å². The Morgan fingerprint density at radius 3 is 2.39 bits per heavy atom. The zero-order chi connectivity index (χ0) is 16.7. The molecule has 2 aromatic rings. The van der Waals surface area contributed by atoms with Gasteiger partial charge in [0.25, 0.3) is 5.91 Å². The summed E-state index contributed by atoms with van der Waals surface area (Å²) in [7, 11) is 1.59. The number of hydrogen-bond acceptors (Lipinski definition) is 4. The lowest BCUT2D eigenvalue weighted by Crippen LogP contribution is -2.17. The fourth-order valence-corrected chi connectivity index (χ4v) is 1.93. The molecule has 1 N–H and O–H groups in total. The van der Waals surface area contributed by atoms with Crippen LogP contribution in [0.3, 0.4) is 0 Å². The number of nitrogens with zero attached hydrogens (tertiary/aromatic N) is 1. The number of nitrogens with one attached hydrogen (secondary N) is 1. The highest BCUT2D eigenvalue weighted by Gasteiger charge is 2.04. The maximum Gasteiger partial charge on any atom is 0.265 e. The summed E-state index contributed by atoms with van der Waals surface area (Å²) in [4.78, 5) is 16.9. The second kappa shape index (κ2) is 8.19. The van der Waals surface area contributed by atoms with Crippen LogP contribution < -0.4 is 10.1 Å². The molecule has 0 fully saturated rings. The van der Waals surface area contributed by atoms with E-state index in [9.17, 15) is 4.79 Å². The number of halogens is 1. The molecule has 0 atom stereocenters. The number of rotatable bonds is 6. The maximum atomic E-state index is 11.8. The number of methoxy groups -OCH3 is 1. The van der Waals surface area contributed by atoms with Crippen LogP contribution >= 0.6 is 11.6 Å². The zero-order valence-electron chi connectivity index (χ0n) is 12.9. The molecular formula is C17H17ClN2O3. The van der Waals surface area contributed by atoms with Gasteiger partial charge >= 0.3 is 0 Å². The molecule has 2 rings (SSSR count). The molecule has 0 heterocycles. The Hall–Kier alpha value is -2.53. The van der Waals surface area contributed by atoms with Crippen molar-refractivity contribution < 1.29 is 14.4 Å². The van der Waals surface area contributed by atoms with E-state index in [4.69, 9.17) is 21.2 Å². The molecule has 0 aliphatic rings. The molecule has 2 aromatic carbocycles. The highest BCUT2D eigenvalue weighted by Crippen LogP contribution is 2.15. The SMILES string of the molecule is COc1ccc(NC(=O)CON=C(C)c2ccc(Cl)cc2)cc1. The molecule has 6 heteroatoms. The van der Waals surface area contributed by atoms with Crippen LogP contribution in [0, 0.1) is 0 Å². The van der Waals surface area contributed by atoms with Gasteiger partial charge in [-0.25, -0.2) is 0 Å². The molecule has 0 saturated heterocycles. The smallest absolute Gasteiger partial charge is 0.265 e. The van der Waals surface area contributed by atoms with Crippen LogP contribution in [-0.2, 0) is 9.63 Å². The van der Waals surface area contributed by atoms with Crippen LogP contribution in [0.1, 0.15) is 12.5 Å². The molecule has 1 amide bonds. The lowest BCUT2D eigenvalue weighted by molar-refractivity contribution is -0.120. The first-order chi connectivity index (χ1) is 11.1. The Labute approximate surface area is 139 Å². The van der Waals surface area contributed by atoms with Gasteiger partial charge in [-0.05, 0) is 48.9 Å². The van der Waals surface area contributed by atoms with Crippen LogP contribution in [0.25, 0.3) is 0 Å². The van der Waals surface area contributed by atoms with Gasteiger partial charge < -0.3 is 14.9 Å². The number of amides is 1. The number of ether oxygens (including phenoxy) is 1. The minimum absolute atomic E-state index is 0.170. The summed E-state index contributed by atoms with van der Waals surface area (Å²) in [6.07, 6.45) is 0. The van der Waals surface area contributed by atoms with E-state index in [-0.39, 0.29) is 12.5 Å². The van der Waals surface area contributed by atoms with Gasteiger partial charge in [0.15, 0.2) is 6.61 Å². The first-order valence-electron chi connectivity index (χ1n) is 6.95. The average Bonchev–Trinajstić information content (AvgIpc) is 2.56. The number of carbonyl (C=O) groups is 1. The minimum atomic E-state index is -0.289. The second-order valence-corrected chi connectivity index (χ2v) is 5.17. The molecular weight excluding hydrogens is 316 g/mol. The monoisotopic (exact) mass is 332 g/mol. The standard InChI is InChI=1S/C17H17ClN2O3/c1-12(13-3-5-14(18)6-4-13)20-23-11-17(21)19-15-7-9-16(22-2)10-8-15/h3-10H,11H2,1-2H3,(H,19,21). The fourth-order valence-electron chi connectivity index (χ4n) is 1.80. The van der Waals surface area contributed by atoms with E-state index in [0.29, 0.717) is 16.4 Å². The van der Waals surface area contributed by atoms with Gasteiger partial charge in [0.2, 0.25) is 0 Å². The van der Waals surface area contributed by atoms with Crippen LogP contribution in [0.15, 0.2) is 53.7 Å². The van der Waals surface area contributed by atoms with E-state index in [1.54, 1.807) is 50.4 Å². The summed E-state index contributed by atoms with van der Waals surface area (Å²) < 4.78 is 5.05. The Morgan fingerprint density at radius 1 is 1.13 bits per heavy atom. The molecule has 0 bridgehead atoms. The number of benzene rings is 2. The molecule has 5 nitrogen and oxygen atoms in total. The molecule has 23 heavy (non-hydrogen) atoms. The summed E-state index contributed by atoms with van der Waals surface area (Å²) in [6, 6.07) is 14.2. The lowest BCUT2D eigenvalue weighted by atomic mass is 10.1. The Kier molecular flexibility index (Phi) is 6.00. The van der Waals surface area contributed by atoms with Gasteiger partial charge in [-0.2, -0.15) is 0 Å². The molecule has 0 unspecified atom stereocenters. The van der Waals surface area contributed by atoms with E-state index in [0.717, 1.165) is 11.3 Å². The molecule has 0 aliphatic heterocycles. The third-order valence-electron chi connectivity index (χ3n) is 3.03. The molecule has 0 aliphatic carbocycles. The average molecular weight is 333 g/mol. The van der Waals surface area contributed by atoms with Crippen molar-refractivity contribution in [3.63, 3.8) is 0 Å². The van der Waals surface area contributed by atoms with E-state index < -0.39 is 0 Å². The molecule has 0 aromatic heterocycles. The van der Waals surface area contributed by atoms with Crippen LogP contribution in [0.5, 0.6) is 5.75 Å². The van der Waals surface area contributed by atoms with Gasteiger partial charge in [-0.15, -0.1) is 0 Å². The van der Waals surface area contributed by atoms with E-state index >= 15 is 0 Å². The Bertz CT molecular complexity index is 682. The van der Waals surface area contributed by atoms with Crippen molar-refractivity contribution in [2.75, 3.05) is 19.0 Å². The normalized spacial score (nSPS) is 11.0. The maximum absolute atomic E-state index is 11.8. The van der Waals surface area contributed by atoms with E-state index in [1.807, 2.05) is 12.1 Å². The molecule has 120 valence electrons. The van der Waals surface area contributed by atoms with Gasteiger partial charge in [0.1, 0.15) is 5.75 Å².